The average Bonchev–Trinajstić information content (AvgIpc) is 2.60. The number of hydrogen-bond acceptors (Lipinski definition) is 3. The van der Waals surface area contributed by atoms with E-state index in [0.29, 0.717) is 32.6 Å². The van der Waals surface area contributed by atoms with Crippen molar-refractivity contribution in [3.63, 3.8) is 0 Å². The molecule has 0 saturated heterocycles. The van der Waals surface area contributed by atoms with Gasteiger partial charge in [-0.05, 0) is 29.7 Å². The van der Waals surface area contributed by atoms with Gasteiger partial charge in [-0.25, -0.2) is 4.79 Å². The first-order chi connectivity index (χ1) is 11.6. The molecule has 0 aliphatic heterocycles. The van der Waals surface area contributed by atoms with Crippen LogP contribution in [0.2, 0.25) is 0 Å². The maximum absolute atomic E-state index is 11.7. The summed E-state index contributed by atoms with van der Waals surface area (Å²) in [7, 11) is 0. The van der Waals surface area contributed by atoms with Crippen LogP contribution in [0.15, 0.2) is 54.6 Å². The molecule has 0 saturated carbocycles. The molecule has 0 bridgehead atoms. The van der Waals surface area contributed by atoms with Crippen molar-refractivity contribution >= 4 is 11.9 Å². The van der Waals surface area contributed by atoms with Crippen LogP contribution in [0.4, 0.5) is 0 Å². The predicted molar refractivity (Wildman–Crippen MR) is 90.8 cm³/mol. The Morgan fingerprint density at radius 3 is 2.33 bits per heavy atom. The molecule has 0 heterocycles. The minimum Gasteiger partial charge on any atom is -0.478 e. The number of benzene rings is 2. The molecule has 2 aromatic rings. The molecule has 24 heavy (non-hydrogen) atoms. The van der Waals surface area contributed by atoms with E-state index in [9.17, 15) is 9.59 Å². The summed E-state index contributed by atoms with van der Waals surface area (Å²) in [6.45, 7) is 1.40. The van der Waals surface area contributed by atoms with Gasteiger partial charge in [-0.1, -0.05) is 42.5 Å². The van der Waals surface area contributed by atoms with Gasteiger partial charge in [0.25, 0.3) is 0 Å². The van der Waals surface area contributed by atoms with E-state index in [1.54, 1.807) is 24.3 Å². The van der Waals surface area contributed by atoms with Crippen LogP contribution < -0.4 is 5.32 Å². The topological polar surface area (TPSA) is 75.6 Å². The average molecular weight is 327 g/mol. The van der Waals surface area contributed by atoms with Gasteiger partial charge in [-0.2, -0.15) is 0 Å². The molecular weight excluding hydrogens is 306 g/mol. The summed E-state index contributed by atoms with van der Waals surface area (Å²) >= 11 is 0. The van der Waals surface area contributed by atoms with Crippen LogP contribution >= 0.6 is 0 Å². The molecule has 2 aromatic carbocycles. The van der Waals surface area contributed by atoms with Gasteiger partial charge in [0.05, 0.1) is 18.8 Å². The molecule has 0 atom stereocenters. The summed E-state index contributed by atoms with van der Waals surface area (Å²) in [5.41, 5.74) is 2.33. The number of ether oxygens (including phenoxy) is 1. The Kier molecular flexibility index (Phi) is 6.98. The van der Waals surface area contributed by atoms with E-state index in [-0.39, 0.29) is 11.5 Å². The van der Waals surface area contributed by atoms with Gasteiger partial charge in [0.1, 0.15) is 0 Å². The zero-order chi connectivity index (χ0) is 17.2. The molecule has 0 radical (unpaired) electrons. The minimum absolute atomic E-state index is 0.0507. The van der Waals surface area contributed by atoms with Crippen LogP contribution in [0.1, 0.15) is 27.9 Å². The summed E-state index contributed by atoms with van der Waals surface area (Å²) in [5.74, 6) is -0.990. The minimum atomic E-state index is -0.939. The van der Waals surface area contributed by atoms with Gasteiger partial charge >= 0.3 is 5.97 Å². The Labute approximate surface area is 141 Å². The van der Waals surface area contributed by atoms with Crippen molar-refractivity contribution in [1.82, 2.24) is 5.32 Å². The Morgan fingerprint density at radius 1 is 0.958 bits per heavy atom. The van der Waals surface area contributed by atoms with Crippen molar-refractivity contribution in [1.29, 1.82) is 0 Å². The number of carbonyl (C=O) groups excluding carboxylic acids is 1. The maximum Gasteiger partial charge on any atom is 0.335 e. The van der Waals surface area contributed by atoms with Crippen LogP contribution in [0.5, 0.6) is 0 Å². The smallest absolute Gasteiger partial charge is 0.335 e. The van der Waals surface area contributed by atoms with Crippen molar-refractivity contribution in [2.24, 2.45) is 0 Å². The van der Waals surface area contributed by atoms with E-state index in [1.807, 2.05) is 30.3 Å². The summed E-state index contributed by atoms with van der Waals surface area (Å²) in [6.07, 6.45) is 0.987. The maximum atomic E-state index is 11.7. The Bertz CT molecular complexity index is 653. The van der Waals surface area contributed by atoms with E-state index in [2.05, 4.69) is 5.32 Å². The first kappa shape index (κ1) is 17.7. The Balaban J connectivity index is 1.58. The second-order valence-corrected chi connectivity index (χ2v) is 5.39. The number of amides is 1. The highest BCUT2D eigenvalue weighted by Gasteiger charge is 2.03. The first-order valence-electron chi connectivity index (χ1n) is 7.86. The predicted octanol–water partition coefficient (Wildman–Crippen LogP) is 2.65. The van der Waals surface area contributed by atoms with E-state index < -0.39 is 5.97 Å². The fourth-order valence-corrected chi connectivity index (χ4v) is 2.18. The molecule has 0 unspecified atom stereocenters. The zero-order valence-corrected chi connectivity index (χ0v) is 13.4. The number of aromatic carboxylic acids is 1. The van der Waals surface area contributed by atoms with Crippen LogP contribution in [-0.2, 0) is 22.6 Å². The van der Waals surface area contributed by atoms with Gasteiger partial charge in [0.15, 0.2) is 0 Å². The number of rotatable bonds is 9. The summed E-state index contributed by atoms with van der Waals surface area (Å²) in [5, 5.41) is 11.7. The van der Waals surface area contributed by atoms with Gasteiger partial charge < -0.3 is 15.2 Å². The lowest BCUT2D eigenvalue weighted by atomic mass is 10.1. The van der Waals surface area contributed by atoms with E-state index in [0.717, 1.165) is 11.1 Å². The zero-order valence-electron chi connectivity index (χ0n) is 13.4. The molecule has 5 heteroatoms. The monoisotopic (exact) mass is 327 g/mol. The fraction of sp³-hybridized carbons (Fsp3) is 0.263. The number of carboxylic acids is 1. The third-order valence-electron chi connectivity index (χ3n) is 3.52. The standard InChI is InChI=1S/C19H21NO4/c21-18(11-13-24-14-16-4-2-1-3-5-16)20-12-10-15-6-8-17(9-7-15)19(22)23/h1-9H,10-14H2,(H,20,21)(H,22,23). The molecule has 5 nitrogen and oxygen atoms in total. The Hall–Kier alpha value is -2.66. The quantitative estimate of drug-likeness (QED) is 0.694. The number of carboxylic acid groups (broad SMARTS) is 1. The summed E-state index contributed by atoms with van der Waals surface area (Å²) in [6, 6.07) is 16.5. The van der Waals surface area contributed by atoms with E-state index in [4.69, 9.17) is 9.84 Å². The largest absolute Gasteiger partial charge is 0.478 e. The van der Waals surface area contributed by atoms with Crippen LogP contribution in [0, 0.1) is 0 Å². The lowest BCUT2D eigenvalue weighted by Crippen LogP contribution is -2.26. The number of carbonyl (C=O) groups is 2. The van der Waals surface area contributed by atoms with Crippen LogP contribution in [0.3, 0.4) is 0 Å². The van der Waals surface area contributed by atoms with E-state index >= 15 is 0 Å². The normalized spacial score (nSPS) is 10.3. The van der Waals surface area contributed by atoms with Crippen molar-refractivity contribution < 1.29 is 19.4 Å². The van der Waals surface area contributed by atoms with Gasteiger partial charge in [0.2, 0.25) is 5.91 Å². The fourth-order valence-electron chi connectivity index (χ4n) is 2.18. The second kappa shape index (κ2) is 9.47. The highest BCUT2D eigenvalue weighted by molar-refractivity contribution is 5.87. The van der Waals surface area contributed by atoms with Crippen LogP contribution in [0.25, 0.3) is 0 Å². The third-order valence-corrected chi connectivity index (χ3v) is 3.52. The highest BCUT2D eigenvalue weighted by Crippen LogP contribution is 2.05. The van der Waals surface area contributed by atoms with E-state index in [1.165, 1.54) is 0 Å². The van der Waals surface area contributed by atoms with Gasteiger partial charge in [0, 0.05) is 13.0 Å². The molecule has 0 aromatic heterocycles. The molecule has 126 valence electrons. The first-order valence-corrected chi connectivity index (χ1v) is 7.86. The summed E-state index contributed by atoms with van der Waals surface area (Å²) < 4.78 is 5.47. The molecule has 0 aliphatic carbocycles. The molecule has 0 fully saturated rings. The van der Waals surface area contributed by atoms with Crippen LogP contribution in [-0.4, -0.2) is 30.1 Å². The molecule has 2 rings (SSSR count). The molecule has 2 N–H and O–H groups in total. The van der Waals surface area contributed by atoms with Crippen molar-refractivity contribution in [3.05, 3.63) is 71.3 Å². The molecule has 1 amide bonds. The van der Waals surface area contributed by atoms with Crippen molar-refractivity contribution in [2.75, 3.05) is 13.2 Å². The number of hydrogen-bond donors (Lipinski definition) is 2. The van der Waals surface area contributed by atoms with Crippen molar-refractivity contribution in [3.8, 4) is 0 Å². The third kappa shape index (κ3) is 6.22. The molecule has 0 spiro atoms. The van der Waals surface area contributed by atoms with Crippen molar-refractivity contribution in [2.45, 2.75) is 19.4 Å². The second-order valence-electron chi connectivity index (χ2n) is 5.39. The lowest BCUT2D eigenvalue weighted by molar-refractivity contribution is -0.122. The Morgan fingerprint density at radius 2 is 1.67 bits per heavy atom. The van der Waals surface area contributed by atoms with Gasteiger partial charge in [-0.15, -0.1) is 0 Å². The lowest BCUT2D eigenvalue weighted by Gasteiger charge is -2.07. The number of nitrogens with one attached hydrogen (secondary N) is 1. The SMILES string of the molecule is O=C(CCOCc1ccccc1)NCCc1ccc(C(=O)O)cc1. The summed E-state index contributed by atoms with van der Waals surface area (Å²) in [4.78, 5) is 22.5. The molecular formula is C19H21NO4. The van der Waals surface area contributed by atoms with Gasteiger partial charge in [-0.3, -0.25) is 4.79 Å². The highest BCUT2D eigenvalue weighted by atomic mass is 16.5. The molecule has 0 aliphatic rings.